The lowest BCUT2D eigenvalue weighted by Crippen LogP contribution is -2.53. The van der Waals surface area contributed by atoms with Crippen molar-refractivity contribution in [3.8, 4) is 5.75 Å². The summed E-state index contributed by atoms with van der Waals surface area (Å²) in [4.78, 5) is 24.1. The van der Waals surface area contributed by atoms with Gasteiger partial charge in [-0.25, -0.2) is 14.4 Å². The maximum atomic E-state index is 14.9. The summed E-state index contributed by atoms with van der Waals surface area (Å²) in [5.41, 5.74) is 7.77. The highest BCUT2D eigenvalue weighted by Crippen LogP contribution is 2.36. The zero-order valence-electron chi connectivity index (χ0n) is 20.0. The summed E-state index contributed by atoms with van der Waals surface area (Å²) in [6.45, 7) is 2.56. The number of amides is 1. The number of hydrogen-bond donors (Lipinski definition) is 4. The minimum atomic E-state index is -1.49. The number of carbonyl (C=O) groups excluding carboxylic acids is 1. The van der Waals surface area contributed by atoms with Gasteiger partial charge in [-0.1, -0.05) is 6.42 Å². The van der Waals surface area contributed by atoms with Gasteiger partial charge < -0.3 is 30.3 Å². The molecule has 0 bridgehead atoms. The Morgan fingerprint density at radius 2 is 2.22 bits per heavy atom. The second-order valence-corrected chi connectivity index (χ2v) is 11.7. The van der Waals surface area contributed by atoms with Gasteiger partial charge >= 0.3 is 0 Å². The molecule has 1 saturated carbocycles. The standard InChI is InChI=1S/C25H29FN5O4Si/c1-14-21(35-25(31-14)15-3-2-4-15)12-34-20-8-17-10-30-36(13-18(17)7-19(20)26)23(32)11-29-24(33)16-5-6-28-22(27)9-16/h5-9,15,23,30,32H,2-4,10-13H2,1H3,(H2,27,28)(H,29,33)/t23-/m0/s1. The van der Waals surface area contributed by atoms with Crippen LogP contribution in [0.25, 0.3) is 0 Å². The fourth-order valence-electron chi connectivity index (χ4n) is 4.35. The normalized spacial score (nSPS) is 16.8. The van der Waals surface area contributed by atoms with Crippen molar-refractivity contribution in [3.63, 3.8) is 0 Å². The van der Waals surface area contributed by atoms with Crippen LogP contribution >= 0.6 is 0 Å². The van der Waals surface area contributed by atoms with E-state index in [2.05, 4.69) is 20.3 Å². The minimum Gasteiger partial charge on any atom is -0.482 e. The van der Waals surface area contributed by atoms with Gasteiger partial charge in [-0.3, -0.25) is 4.79 Å². The van der Waals surface area contributed by atoms with Gasteiger partial charge in [-0.15, -0.1) is 0 Å². The third-order valence-electron chi connectivity index (χ3n) is 6.76. The molecule has 3 aromatic rings. The summed E-state index contributed by atoms with van der Waals surface area (Å²) in [5.74, 6) is 1.39. The first-order valence-electron chi connectivity index (χ1n) is 12.0. The second kappa shape index (κ2) is 10.4. The van der Waals surface area contributed by atoms with E-state index >= 15 is 0 Å². The van der Waals surface area contributed by atoms with Crippen molar-refractivity contribution >= 4 is 20.7 Å². The van der Waals surface area contributed by atoms with Crippen LogP contribution in [-0.4, -0.2) is 42.2 Å². The molecule has 1 aliphatic carbocycles. The fraction of sp³-hybridized carbons (Fsp3) is 0.400. The summed E-state index contributed by atoms with van der Waals surface area (Å²) in [5, 5.41) is 13.4. The molecule has 11 heteroatoms. The minimum absolute atomic E-state index is 0.0841. The molecule has 5 rings (SSSR count). The van der Waals surface area contributed by atoms with E-state index in [1.54, 1.807) is 12.1 Å². The SMILES string of the molecule is Cc1nc(C2CCC2)oc1COc1cc2c(cc1F)C[Si]([C@H](O)CNC(=O)c1ccnc(N)c1)NC2. The van der Waals surface area contributed by atoms with Gasteiger partial charge in [-0.2, -0.15) is 0 Å². The number of carbonyl (C=O) groups is 1. The number of anilines is 1. The van der Waals surface area contributed by atoms with E-state index in [0.717, 1.165) is 35.6 Å². The second-order valence-electron chi connectivity index (χ2n) is 9.28. The molecular weight excluding hydrogens is 481 g/mol. The molecule has 36 heavy (non-hydrogen) atoms. The molecule has 189 valence electrons. The predicted octanol–water partition coefficient (Wildman–Crippen LogP) is 2.45. The monoisotopic (exact) mass is 510 g/mol. The van der Waals surface area contributed by atoms with Crippen LogP contribution in [0, 0.1) is 12.7 Å². The zero-order valence-corrected chi connectivity index (χ0v) is 21.0. The Morgan fingerprint density at radius 1 is 1.39 bits per heavy atom. The number of pyridine rings is 1. The first-order chi connectivity index (χ1) is 17.4. The molecule has 0 unspecified atom stereocenters. The highest BCUT2D eigenvalue weighted by molar-refractivity contribution is 6.57. The Morgan fingerprint density at radius 3 is 2.97 bits per heavy atom. The van der Waals surface area contributed by atoms with Crippen molar-refractivity contribution in [2.45, 2.75) is 57.0 Å². The quantitative estimate of drug-likeness (QED) is 0.340. The van der Waals surface area contributed by atoms with Crippen molar-refractivity contribution in [3.05, 3.63) is 70.3 Å². The van der Waals surface area contributed by atoms with Gasteiger partial charge in [0.15, 0.2) is 32.2 Å². The Bertz CT molecular complexity index is 1270. The Labute approximate surface area is 210 Å². The van der Waals surface area contributed by atoms with Crippen LogP contribution in [0.2, 0.25) is 0 Å². The topological polar surface area (TPSA) is 136 Å². The third kappa shape index (κ3) is 5.27. The molecule has 5 N–H and O–H groups in total. The van der Waals surface area contributed by atoms with Crippen LogP contribution < -0.4 is 20.8 Å². The van der Waals surface area contributed by atoms with Crippen LogP contribution in [0.15, 0.2) is 34.9 Å². The van der Waals surface area contributed by atoms with E-state index in [1.807, 2.05) is 6.92 Å². The number of aliphatic hydroxyl groups excluding tert-OH is 1. The van der Waals surface area contributed by atoms with Crippen molar-refractivity contribution in [1.29, 1.82) is 0 Å². The van der Waals surface area contributed by atoms with Crippen LogP contribution in [0.1, 0.15) is 64.0 Å². The Hall–Kier alpha value is -3.28. The molecule has 3 heterocycles. The molecule has 1 fully saturated rings. The summed E-state index contributed by atoms with van der Waals surface area (Å²) in [7, 11) is -1.49. The van der Waals surface area contributed by atoms with E-state index in [9.17, 15) is 14.3 Å². The Kier molecular flexibility index (Phi) is 7.03. The van der Waals surface area contributed by atoms with Gasteiger partial charge in [0.05, 0.1) is 11.4 Å². The van der Waals surface area contributed by atoms with E-state index in [4.69, 9.17) is 14.9 Å². The number of nitrogens with one attached hydrogen (secondary N) is 2. The molecule has 9 nitrogen and oxygen atoms in total. The molecule has 1 aromatic carbocycles. The van der Waals surface area contributed by atoms with Gasteiger partial charge in [0.25, 0.3) is 5.91 Å². The number of fused-ring (bicyclic) bond motifs is 1. The molecule has 1 radical (unpaired) electrons. The number of benzene rings is 1. The number of hydrogen-bond acceptors (Lipinski definition) is 8. The first-order valence-corrected chi connectivity index (χ1v) is 13.8. The summed E-state index contributed by atoms with van der Waals surface area (Å²) >= 11 is 0. The van der Waals surface area contributed by atoms with E-state index in [1.165, 1.54) is 24.8 Å². The van der Waals surface area contributed by atoms with Gasteiger partial charge in [-0.05, 0) is 61.2 Å². The third-order valence-corrected chi connectivity index (χ3v) is 9.17. The molecule has 2 aromatic heterocycles. The average molecular weight is 511 g/mol. The largest absolute Gasteiger partial charge is 0.482 e. The molecule has 1 atom stereocenters. The number of nitrogens with two attached hydrogens (primary N) is 1. The van der Waals surface area contributed by atoms with Crippen LogP contribution in [0.4, 0.5) is 10.2 Å². The average Bonchev–Trinajstić information content (AvgIpc) is 3.18. The number of halogens is 1. The first kappa shape index (κ1) is 24.4. The van der Waals surface area contributed by atoms with E-state index in [0.29, 0.717) is 29.8 Å². The number of ether oxygens (including phenoxy) is 1. The lowest BCUT2D eigenvalue weighted by atomic mass is 9.85. The number of nitrogens with zero attached hydrogens (tertiary/aromatic N) is 2. The number of nitrogen functional groups attached to an aromatic ring is 1. The van der Waals surface area contributed by atoms with E-state index < -0.39 is 20.5 Å². The number of oxazole rings is 1. The molecule has 2 aliphatic rings. The summed E-state index contributed by atoms with van der Waals surface area (Å²) < 4.78 is 26.5. The van der Waals surface area contributed by atoms with Crippen LogP contribution in [-0.2, 0) is 19.2 Å². The lowest BCUT2D eigenvalue weighted by molar-refractivity contribution is 0.0937. The molecule has 1 aliphatic heterocycles. The lowest BCUT2D eigenvalue weighted by Gasteiger charge is -2.28. The summed E-state index contributed by atoms with van der Waals surface area (Å²) in [6.07, 6.45) is 4.84. The molecular formula is C25H29FN5O4Si. The van der Waals surface area contributed by atoms with Crippen molar-refractivity contribution in [2.75, 3.05) is 12.3 Å². The maximum absolute atomic E-state index is 14.9. The van der Waals surface area contributed by atoms with Crippen molar-refractivity contribution in [2.24, 2.45) is 0 Å². The summed E-state index contributed by atoms with van der Waals surface area (Å²) in [6, 6.07) is 6.74. The molecule has 0 spiro atoms. The zero-order chi connectivity index (χ0) is 25.2. The Balaban J connectivity index is 1.17. The van der Waals surface area contributed by atoms with Gasteiger partial charge in [0.2, 0.25) is 0 Å². The highest BCUT2D eigenvalue weighted by atomic mass is 28.3. The number of aliphatic hydroxyl groups is 1. The number of rotatable bonds is 8. The predicted molar refractivity (Wildman–Crippen MR) is 132 cm³/mol. The van der Waals surface area contributed by atoms with Gasteiger partial charge in [0.1, 0.15) is 12.4 Å². The smallest absolute Gasteiger partial charge is 0.251 e. The molecule has 0 saturated heterocycles. The van der Waals surface area contributed by atoms with Crippen LogP contribution in [0.5, 0.6) is 5.75 Å². The fourth-order valence-corrected chi connectivity index (χ4v) is 6.45. The van der Waals surface area contributed by atoms with Crippen molar-refractivity contribution in [1.82, 2.24) is 20.3 Å². The number of aromatic nitrogens is 2. The van der Waals surface area contributed by atoms with E-state index in [-0.39, 0.29) is 30.6 Å². The highest BCUT2D eigenvalue weighted by Gasteiger charge is 2.29. The maximum Gasteiger partial charge on any atom is 0.251 e. The van der Waals surface area contributed by atoms with Gasteiger partial charge in [0, 0.05) is 30.8 Å². The molecule has 1 amide bonds. The van der Waals surface area contributed by atoms with Crippen LogP contribution in [0.3, 0.4) is 0 Å². The number of aryl methyl sites for hydroxylation is 1. The van der Waals surface area contributed by atoms with Crippen molar-refractivity contribution < 1.29 is 23.4 Å².